The number of hydrogen-bond acceptors (Lipinski definition) is 3. The van der Waals surface area contributed by atoms with Crippen molar-refractivity contribution in [2.24, 2.45) is 0 Å². The molecule has 1 rings (SSSR count). The largest absolute Gasteiger partial charge is 0.502 e. The van der Waals surface area contributed by atoms with Crippen molar-refractivity contribution < 1.29 is 15.0 Å². The van der Waals surface area contributed by atoms with E-state index in [1.165, 1.54) is 6.08 Å². The minimum absolute atomic E-state index is 0.638. The van der Waals surface area contributed by atoms with Crippen molar-refractivity contribution in [2.45, 2.75) is 4.90 Å². The van der Waals surface area contributed by atoms with Crippen LogP contribution < -0.4 is 0 Å². The van der Waals surface area contributed by atoms with Gasteiger partial charge in [0.15, 0.2) is 0 Å². The van der Waals surface area contributed by atoms with Gasteiger partial charge >= 0.3 is 5.97 Å². The van der Waals surface area contributed by atoms with Gasteiger partial charge in [0, 0.05) is 9.37 Å². The minimum Gasteiger partial charge on any atom is -0.502 e. The molecule has 1 aromatic carbocycles. The second-order valence-electron chi connectivity index (χ2n) is 2.73. The van der Waals surface area contributed by atoms with Crippen LogP contribution in [0, 0.1) is 0 Å². The smallest absolute Gasteiger partial charge is 0.370 e. The third-order valence-electron chi connectivity index (χ3n) is 1.70. The van der Waals surface area contributed by atoms with Gasteiger partial charge in [0.2, 0.25) is 5.76 Å². The summed E-state index contributed by atoms with van der Waals surface area (Å²) in [5.74, 6) is -2.00. The Morgan fingerprint density at radius 3 is 2.60 bits per heavy atom. The fraction of sp³-hybridized carbons (Fsp3) is 0.100. The van der Waals surface area contributed by atoms with Crippen LogP contribution in [0.5, 0.6) is 0 Å². The zero-order chi connectivity index (χ0) is 11.4. The van der Waals surface area contributed by atoms with E-state index < -0.39 is 11.7 Å². The highest BCUT2D eigenvalue weighted by molar-refractivity contribution is 9.10. The number of carboxylic acid groups (broad SMARTS) is 1. The molecular formula is C10H9BrO3S. The van der Waals surface area contributed by atoms with Gasteiger partial charge in [-0.15, -0.1) is 11.8 Å². The quantitative estimate of drug-likeness (QED) is 0.510. The fourth-order valence-corrected chi connectivity index (χ4v) is 2.33. The standard InChI is InChI=1S/C10H9BrO3S/c1-15-9-3-2-6(4-7(9)11)5-8(12)10(13)14/h2-5,12H,1H3,(H,13,14)/b8-5-. The van der Waals surface area contributed by atoms with Crippen molar-refractivity contribution in [2.75, 3.05) is 6.26 Å². The first-order chi connectivity index (χ1) is 7.04. The zero-order valence-corrected chi connectivity index (χ0v) is 10.3. The molecular weight excluding hydrogens is 280 g/mol. The summed E-state index contributed by atoms with van der Waals surface area (Å²) in [6.07, 6.45) is 3.15. The molecule has 0 aliphatic carbocycles. The van der Waals surface area contributed by atoms with E-state index in [1.807, 2.05) is 12.3 Å². The van der Waals surface area contributed by atoms with E-state index >= 15 is 0 Å². The monoisotopic (exact) mass is 288 g/mol. The van der Waals surface area contributed by atoms with Gasteiger partial charge in [0.25, 0.3) is 0 Å². The van der Waals surface area contributed by atoms with Crippen molar-refractivity contribution in [1.82, 2.24) is 0 Å². The molecule has 0 aromatic heterocycles. The van der Waals surface area contributed by atoms with Crippen molar-refractivity contribution in [3.63, 3.8) is 0 Å². The maximum absolute atomic E-state index is 10.4. The highest BCUT2D eigenvalue weighted by atomic mass is 79.9. The molecule has 0 bridgehead atoms. The van der Waals surface area contributed by atoms with Gasteiger partial charge in [-0.1, -0.05) is 6.07 Å². The number of rotatable bonds is 3. The molecule has 0 saturated carbocycles. The van der Waals surface area contributed by atoms with Crippen molar-refractivity contribution in [3.8, 4) is 0 Å². The van der Waals surface area contributed by atoms with E-state index in [2.05, 4.69) is 15.9 Å². The fourth-order valence-electron chi connectivity index (χ4n) is 0.992. The number of aliphatic hydroxyl groups is 1. The Morgan fingerprint density at radius 1 is 1.47 bits per heavy atom. The summed E-state index contributed by atoms with van der Waals surface area (Å²) in [6, 6.07) is 5.36. The first-order valence-corrected chi connectivity index (χ1v) is 6.04. The van der Waals surface area contributed by atoms with Gasteiger partial charge < -0.3 is 10.2 Å². The number of carboxylic acids is 1. The van der Waals surface area contributed by atoms with Crippen molar-refractivity contribution in [3.05, 3.63) is 34.0 Å². The number of halogens is 1. The summed E-state index contributed by atoms with van der Waals surface area (Å²) in [5, 5.41) is 17.5. The molecule has 0 spiro atoms. The van der Waals surface area contributed by atoms with Crippen LogP contribution in [0.2, 0.25) is 0 Å². The van der Waals surface area contributed by atoms with E-state index in [9.17, 15) is 4.79 Å². The average molecular weight is 289 g/mol. The Kier molecular flexibility index (Phi) is 4.23. The summed E-state index contributed by atoms with van der Waals surface area (Å²) < 4.78 is 0.877. The van der Waals surface area contributed by atoms with Crippen LogP contribution >= 0.6 is 27.7 Å². The predicted molar refractivity (Wildman–Crippen MR) is 64.2 cm³/mol. The SMILES string of the molecule is CSc1ccc(/C=C(\O)C(=O)O)cc1Br. The van der Waals surface area contributed by atoms with Gasteiger partial charge in [-0.05, 0) is 46.0 Å². The molecule has 1 aromatic rings. The van der Waals surface area contributed by atoms with Crippen LogP contribution in [0.4, 0.5) is 0 Å². The summed E-state index contributed by atoms with van der Waals surface area (Å²) in [7, 11) is 0. The highest BCUT2D eigenvalue weighted by Crippen LogP contribution is 2.27. The van der Waals surface area contributed by atoms with E-state index in [0.29, 0.717) is 5.56 Å². The lowest BCUT2D eigenvalue weighted by Gasteiger charge is -2.01. The number of hydrogen-bond donors (Lipinski definition) is 2. The van der Waals surface area contributed by atoms with Crippen LogP contribution in [-0.2, 0) is 4.79 Å². The maximum atomic E-state index is 10.4. The van der Waals surface area contributed by atoms with Crippen molar-refractivity contribution in [1.29, 1.82) is 0 Å². The molecule has 0 saturated heterocycles. The second-order valence-corrected chi connectivity index (χ2v) is 4.43. The first-order valence-electron chi connectivity index (χ1n) is 4.02. The van der Waals surface area contributed by atoms with E-state index in [1.54, 1.807) is 23.9 Å². The number of aliphatic hydroxyl groups excluding tert-OH is 1. The van der Waals surface area contributed by atoms with Crippen LogP contribution in [0.1, 0.15) is 5.56 Å². The second kappa shape index (κ2) is 5.23. The van der Waals surface area contributed by atoms with Crippen LogP contribution in [-0.4, -0.2) is 22.4 Å². The molecule has 0 amide bonds. The molecule has 0 unspecified atom stereocenters. The average Bonchev–Trinajstić information content (AvgIpc) is 2.18. The predicted octanol–water partition coefficient (Wildman–Crippen LogP) is 3.15. The molecule has 80 valence electrons. The Hall–Kier alpha value is -0.940. The highest BCUT2D eigenvalue weighted by Gasteiger charge is 2.04. The topological polar surface area (TPSA) is 57.5 Å². The molecule has 0 atom stereocenters. The summed E-state index contributed by atoms with van der Waals surface area (Å²) in [5.41, 5.74) is 0.638. The van der Waals surface area contributed by atoms with Crippen LogP contribution in [0.15, 0.2) is 33.3 Å². The van der Waals surface area contributed by atoms with Gasteiger partial charge in [-0.25, -0.2) is 4.79 Å². The van der Waals surface area contributed by atoms with E-state index in [4.69, 9.17) is 10.2 Å². The lowest BCUT2D eigenvalue weighted by molar-refractivity contribution is -0.135. The summed E-state index contributed by atoms with van der Waals surface area (Å²) in [4.78, 5) is 11.4. The minimum atomic E-state index is -1.33. The number of aliphatic carboxylic acids is 1. The maximum Gasteiger partial charge on any atom is 0.370 e. The molecule has 2 N–H and O–H groups in total. The Morgan fingerprint density at radius 2 is 2.13 bits per heavy atom. The summed E-state index contributed by atoms with van der Waals surface area (Å²) >= 11 is 4.94. The summed E-state index contributed by atoms with van der Waals surface area (Å²) in [6.45, 7) is 0. The third-order valence-corrected chi connectivity index (χ3v) is 3.41. The molecule has 0 fully saturated rings. The van der Waals surface area contributed by atoms with Crippen molar-refractivity contribution >= 4 is 39.7 Å². The molecule has 0 radical (unpaired) electrons. The Balaban J connectivity index is 3.03. The molecule has 0 aliphatic heterocycles. The van der Waals surface area contributed by atoms with Gasteiger partial charge in [0.1, 0.15) is 0 Å². The van der Waals surface area contributed by atoms with Gasteiger partial charge in [-0.3, -0.25) is 0 Å². The Labute approximate surface area is 99.9 Å². The lowest BCUT2D eigenvalue weighted by Crippen LogP contribution is -1.98. The zero-order valence-electron chi connectivity index (χ0n) is 7.90. The van der Waals surface area contributed by atoms with Gasteiger partial charge in [0.05, 0.1) is 0 Å². The van der Waals surface area contributed by atoms with E-state index in [0.717, 1.165) is 9.37 Å². The molecule has 0 aliphatic rings. The normalized spacial score (nSPS) is 11.5. The van der Waals surface area contributed by atoms with Gasteiger partial charge in [-0.2, -0.15) is 0 Å². The molecule has 0 heterocycles. The van der Waals surface area contributed by atoms with Crippen LogP contribution in [0.3, 0.4) is 0 Å². The third kappa shape index (κ3) is 3.28. The lowest BCUT2D eigenvalue weighted by atomic mass is 10.2. The first kappa shape index (κ1) is 12.1. The van der Waals surface area contributed by atoms with Crippen LogP contribution in [0.25, 0.3) is 6.08 Å². The van der Waals surface area contributed by atoms with E-state index in [-0.39, 0.29) is 0 Å². The molecule has 3 nitrogen and oxygen atoms in total. The number of carbonyl (C=O) groups is 1. The number of thioether (sulfide) groups is 1. The molecule has 5 heteroatoms. The molecule has 15 heavy (non-hydrogen) atoms. The number of benzene rings is 1. The Bertz CT molecular complexity index is 415.